The van der Waals surface area contributed by atoms with Crippen molar-refractivity contribution in [1.29, 1.82) is 0 Å². The van der Waals surface area contributed by atoms with Crippen molar-refractivity contribution in [2.24, 2.45) is 5.92 Å². The molecule has 1 aliphatic heterocycles. The molecule has 0 atom stereocenters. The number of phenols is 1. The molecule has 4 aromatic rings. The van der Waals surface area contributed by atoms with Crippen LogP contribution in [0.4, 0.5) is 19.0 Å². The van der Waals surface area contributed by atoms with Crippen LogP contribution in [0, 0.1) is 23.4 Å². The fourth-order valence-corrected chi connectivity index (χ4v) is 5.62. The number of hydrogen-bond acceptors (Lipinski definition) is 7. The second-order valence-corrected chi connectivity index (χ2v) is 10.7. The van der Waals surface area contributed by atoms with Crippen molar-refractivity contribution >= 4 is 22.6 Å². The van der Waals surface area contributed by atoms with Gasteiger partial charge in [-0.1, -0.05) is 12.1 Å². The van der Waals surface area contributed by atoms with Gasteiger partial charge in [-0.2, -0.15) is 9.49 Å². The summed E-state index contributed by atoms with van der Waals surface area (Å²) in [5, 5.41) is 29.8. The molecule has 0 bridgehead atoms. The molecule has 0 radical (unpaired) electrons. The van der Waals surface area contributed by atoms with Gasteiger partial charge in [0.2, 0.25) is 5.82 Å². The number of carbonyl (C=O) groups is 1. The van der Waals surface area contributed by atoms with E-state index in [4.69, 9.17) is 5.10 Å². The van der Waals surface area contributed by atoms with Gasteiger partial charge in [-0.05, 0) is 55.9 Å². The Labute approximate surface area is 234 Å². The number of nitrogens with one attached hydrogen (secondary N) is 2. The lowest BCUT2D eigenvalue weighted by Gasteiger charge is -2.28. The van der Waals surface area contributed by atoms with Crippen LogP contribution in [0.25, 0.3) is 22.2 Å². The number of rotatable bonds is 6. The largest absolute Gasteiger partial charge is 0.503 e. The van der Waals surface area contributed by atoms with E-state index in [1.165, 1.54) is 0 Å². The molecule has 2 fully saturated rings. The van der Waals surface area contributed by atoms with E-state index in [-0.39, 0.29) is 18.5 Å². The quantitative estimate of drug-likeness (QED) is 0.301. The Kier molecular flexibility index (Phi) is 7.48. The van der Waals surface area contributed by atoms with Crippen molar-refractivity contribution in [3.63, 3.8) is 0 Å². The molecular formula is C29H30F3N7O2. The van der Waals surface area contributed by atoms with Gasteiger partial charge in [-0.15, -0.1) is 10.2 Å². The number of aromatic hydroxyl groups is 1. The van der Waals surface area contributed by atoms with Crippen molar-refractivity contribution in [2.45, 2.75) is 31.7 Å². The molecule has 214 valence electrons. The smallest absolute Gasteiger partial charge is 0.254 e. The summed E-state index contributed by atoms with van der Waals surface area (Å²) in [7, 11) is 0. The molecule has 12 heteroatoms. The van der Waals surface area contributed by atoms with Gasteiger partial charge in [-0.3, -0.25) is 9.48 Å². The van der Waals surface area contributed by atoms with E-state index in [1.807, 2.05) is 41.2 Å². The molecule has 3 N–H and O–H groups in total. The second-order valence-electron chi connectivity index (χ2n) is 10.7. The van der Waals surface area contributed by atoms with Crippen LogP contribution in [0.15, 0.2) is 42.6 Å². The first-order valence-corrected chi connectivity index (χ1v) is 13.8. The van der Waals surface area contributed by atoms with Gasteiger partial charge < -0.3 is 20.6 Å². The lowest BCUT2D eigenvalue weighted by molar-refractivity contribution is 0.0935. The maximum absolute atomic E-state index is 14.0. The topological polar surface area (TPSA) is 108 Å². The third kappa shape index (κ3) is 5.56. The first-order valence-electron chi connectivity index (χ1n) is 13.8. The molecule has 3 heterocycles. The summed E-state index contributed by atoms with van der Waals surface area (Å²) in [6, 6.07) is 10.8. The van der Waals surface area contributed by atoms with E-state index >= 15 is 0 Å². The summed E-state index contributed by atoms with van der Waals surface area (Å²) in [6.45, 7) is 3.96. The standard InChI is InChI=1S/C29H30F3N7O2/c30-22-14-21(26(31)27(32)28(22)40)29(41)34-15-17-1-5-20(6-2-17)39-16-19-4-3-18(13-24(19)37-39)23-7-8-25(36-35-23)38-11-9-33-10-12-38/h3-4,7-8,13-14,16-17,20,33,40H,1-2,5-6,9-12,15H2,(H,34,41). The van der Waals surface area contributed by atoms with Crippen LogP contribution < -0.4 is 15.5 Å². The molecule has 0 spiro atoms. The van der Waals surface area contributed by atoms with Gasteiger partial charge in [0.25, 0.3) is 5.91 Å². The van der Waals surface area contributed by atoms with E-state index in [2.05, 4.69) is 25.7 Å². The fraction of sp³-hybridized carbons (Fsp3) is 0.379. The van der Waals surface area contributed by atoms with E-state index < -0.39 is 34.7 Å². The predicted molar refractivity (Wildman–Crippen MR) is 147 cm³/mol. The number of amides is 1. The van der Waals surface area contributed by atoms with Gasteiger partial charge >= 0.3 is 0 Å². The molecule has 2 aliphatic rings. The minimum Gasteiger partial charge on any atom is -0.503 e. The Morgan fingerprint density at radius 1 is 1.00 bits per heavy atom. The maximum atomic E-state index is 14.0. The number of anilines is 1. The SMILES string of the molecule is O=C(NCC1CCC(n2cc3ccc(-c4ccc(N5CCNCC5)nn4)cc3n2)CC1)c1cc(F)c(O)c(F)c1F. The third-order valence-electron chi connectivity index (χ3n) is 8.03. The van der Waals surface area contributed by atoms with Gasteiger partial charge in [0, 0.05) is 49.9 Å². The van der Waals surface area contributed by atoms with E-state index in [0.29, 0.717) is 6.07 Å². The summed E-state index contributed by atoms with van der Waals surface area (Å²) in [4.78, 5) is 14.6. The molecule has 1 aliphatic carbocycles. The van der Waals surface area contributed by atoms with E-state index in [0.717, 1.165) is 79.8 Å². The van der Waals surface area contributed by atoms with Crippen molar-refractivity contribution in [2.75, 3.05) is 37.6 Å². The van der Waals surface area contributed by atoms with Crippen molar-refractivity contribution in [3.05, 3.63) is 65.6 Å². The van der Waals surface area contributed by atoms with Crippen LogP contribution in [-0.2, 0) is 0 Å². The number of phenolic OH excluding ortho intramolecular Hbond substituents is 1. The zero-order valence-corrected chi connectivity index (χ0v) is 22.3. The van der Waals surface area contributed by atoms with Gasteiger partial charge in [0.1, 0.15) is 0 Å². The third-order valence-corrected chi connectivity index (χ3v) is 8.03. The first kappa shape index (κ1) is 27.0. The lowest BCUT2D eigenvalue weighted by Crippen LogP contribution is -2.43. The number of benzene rings is 2. The maximum Gasteiger partial charge on any atom is 0.254 e. The summed E-state index contributed by atoms with van der Waals surface area (Å²) in [5.74, 6) is -6.06. The Morgan fingerprint density at radius 2 is 1.78 bits per heavy atom. The average molecular weight is 566 g/mol. The highest BCUT2D eigenvalue weighted by Crippen LogP contribution is 2.33. The number of fused-ring (bicyclic) bond motifs is 1. The molecule has 41 heavy (non-hydrogen) atoms. The van der Waals surface area contributed by atoms with E-state index in [9.17, 15) is 23.1 Å². The molecule has 9 nitrogen and oxygen atoms in total. The predicted octanol–water partition coefficient (Wildman–Crippen LogP) is 4.19. The number of halogens is 3. The first-order chi connectivity index (χ1) is 19.9. The fourth-order valence-electron chi connectivity index (χ4n) is 5.62. The molecule has 1 amide bonds. The van der Waals surface area contributed by atoms with Gasteiger partial charge in [0.15, 0.2) is 23.2 Å². The van der Waals surface area contributed by atoms with Gasteiger partial charge in [0.05, 0.1) is 22.8 Å². The summed E-state index contributed by atoms with van der Waals surface area (Å²) >= 11 is 0. The zero-order valence-electron chi connectivity index (χ0n) is 22.3. The van der Waals surface area contributed by atoms with Crippen molar-refractivity contribution in [1.82, 2.24) is 30.6 Å². The molecule has 1 saturated carbocycles. The van der Waals surface area contributed by atoms with Gasteiger partial charge in [-0.25, -0.2) is 8.78 Å². The minimum atomic E-state index is -1.77. The second kappa shape index (κ2) is 11.4. The van der Waals surface area contributed by atoms with Crippen molar-refractivity contribution < 1.29 is 23.1 Å². The normalized spacial score (nSPS) is 19.4. The number of carbonyl (C=O) groups excluding carboxylic acids is 1. The molecule has 6 rings (SSSR count). The highest BCUT2D eigenvalue weighted by Gasteiger charge is 2.26. The van der Waals surface area contributed by atoms with Crippen LogP contribution in [0.2, 0.25) is 0 Å². The highest BCUT2D eigenvalue weighted by molar-refractivity contribution is 5.94. The van der Waals surface area contributed by atoms with Crippen LogP contribution in [0.1, 0.15) is 42.1 Å². The Bertz CT molecular complexity index is 1560. The molecule has 2 aromatic carbocycles. The number of aromatic nitrogens is 4. The Balaban J connectivity index is 1.06. The summed E-state index contributed by atoms with van der Waals surface area (Å²) in [5.41, 5.74) is 1.85. The zero-order chi connectivity index (χ0) is 28.5. The highest BCUT2D eigenvalue weighted by atomic mass is 19.2. The Morgan fingerprint density at radius 3 is 2.51 bits per heavy atom. The molecule has 0 unspecified atom stereocenters. The van der Waals surface area contributed by atoms with Crippen LogP contribution in [0.5, 0.6) is 5.75 Å². The van der Waals surface area contributed by atoms with Crippen LogP contribution in [-0.4, -0.2) is 63.7 Å². The van der Waals surface area contributed by atoms with Crippen LogP contribution in [0.3, 0.4) is 0 Å². The monoisotopic (exact) mass is 565 g/mol. The minimum absolute atomic E-state index is 0.143. The molecule has 1 saturated heterocycles. The summed E-state index contributed by atoms with van der Waals surface area (Å²) < 4.78 is 43.2. The van der Waals surface area contributed by atoms with Crippen molar-refractivity contribution in [3.8, 4) is 17.0 Å². The molecule has 2 aromatic heterocycles. The molecular weight excluding hydrogens is 535 g/mol. The average Bonchev–Trinajstić information content (AvgIpc) is 3.45. The summed E-state index contributed by atoms with van der Waals surface area (Å²) in [6.07, 6.45) is 5.35. The number of piperazine rings is 1. The number of nitrogens with zero attached hydrogens (tertiary/aromatic N) is 5. The Hall–Kier alpha value is -4.19. The lowest BCUT2D eigenvalue weighted by atomic mass is 9.86. The number of hydrogen-bond donors (Lipinski definition) is 3. The van der Waals surface area contributed by atoms with Crippen LogP contribution >= 0.6 is 0 Å². The van der Waals surface area contributed by atoms with E-state index in [1.54, 1.807) is 0 Å².